The molecule has 1 aliphatic heterocycles. The first-order valence-corrected chi connectivity index (χ1v) is 11.3. The molecule has 1 heterocycles. The second kappa shape index (κ2) is 11.4. The summed E-state index contributed by atoms with van der Waals surface area (Å²) in [6, 6.07) is 23.2. The van der Waals surface area contributed by atoms with E-state index in [1.165, 1.54) is 75.8 Å². The van der Waals surface area contributed by atoms with E-state index >= 15 is 0 Å². The Kier molecular flexibility index (Phi) is 8.57. The molecule has 0 aliphatic carbocycles. The molecule has 0 spiro atoms. The molecule has 28 heavy (non-hydrogen) atoms. The molecule has 2 aromatic rings. The number of aryl methyl sites for hydroxylation is 1. The Morgan fingerprint density at radius 2 is 1.61 bits per heavy atom. The van der Waals surface area contributed by atoms with Gasteiger partial charge in [0.05, 0.1) is 0 Å². The van der Waals surface area contributed by atoms with Gasteiger partial charge < -0.3 is 0 Å². The monoisotopic (exact) mass is 378 g/mol. The van der Waals surface area contributed by atoms with Crippen molar-refractivity contribution in [2.24, 2.45) is 0 Å². The Balaban J connectivity index is 1.61. The van der Waals surface area contributed by atoms with E-state index in [9.17, 15) is 0 Å². The number of nitrogens with zero attached hydrogens (tertiary/aromatic N) is 2. The fourth-order valence-corrected chi connectivity index (χ4v) is 4.50. The number of benzene rings is 2. The van der Waals surface area contributed by atoms with Crippen LogP contribution in [0.15, 0.2) is 60.7 Å². The van der Waals surface area contributed by atoms with Crippen LogP contribution in [0.25, 0.3) is 0 Å². The minimum atomic E-state index is 0.502. The quantitative estimate of drug-likeness (QED) is 0.472. The molecule has 2 nitrogen and oxygen atoms in total. The van der Waals surface area contributed by atoms with Crippen LogP contribution in [-0.4, -0.2) is 42.0 Å². The number of piperazine rings is 1. The maximum Gasteiger partial charge on any atom is 0.0321 e. The zero-order valence-corrected chi connectivity index (χ0v) is 17.9. The van der Waals surface area contributed by atoms with Gasteiger partial charge in [0.1, 0.15) is 0 Å². The molecule has 1 aliphatic rings. The van der Waals surface area contributed by atoms with Crippen LogP contribution in [0.2, 0.25) is 0 Å². The van der Waals surface area contributed by atoms with Crippen molar-refractivity contribution in [1.29, 1.82) is 0 Å². The molecule has 0 unspecified atom stereocenters. The van der Waals surface area contributed by atoms with Gasteiger partial charge in [0.2, 0.25) is 0 Å². The van der Waals surface area contributed by atoms with E-state index in [1.54, 1.807) is 0 Å². The summed E-state index contributed by atoms with van der Waals surface area (Å²) in [5.41, 5.74) is 2.92. The molecule has 0 amide bonds. The van der Waals surface area contributed by atoms with Gasteiger partial charge in [-0.2, -0.15) is 0 Å². The fourth-order valence-electron chi connectivity index (χ4n) is 4.50. The largest absolute Gasteiger partial charge is 0.298 e. The summed E-state index contributed by atoms with van der Waals surface area (Å²) in [5.74, 6) is 0. The highest BCUT2D eigenvalue weighted by Gasteiger charge is 2.29. The summed E-state index contributed by atoms with van der Waals surface area (Å²) in [6.07, 6.45) is 7.87. The lowest BCUT2D eigenvalue weighted by atomic mass is 9.99. The maximum atomic E-state index is 2.78. The third-order valence-corrected chi connectivity index (χ3v) is 6.37. The summed E-state index contributed by atoms with van der Waals surface area (Å²) in [7, 11) is 0. The van der Waals surface area contributed by atoms with Crippen LogP contribution in [-0.2, 0) is 6.42 Å². The Bertz CT molecular complexity index is 655. The van der Waals surface area contributed by atoms with Crippen molar-refractivity contribution in [3.05, 3.63) is 71.8 Å². The molecule has 0 saturated carbocycles. The van der Waals surface area contributed by atoms with Gasteiger partial charge in [-0.3, -0.25) is 9.80 Å². The molecule has 0 aromatic heterocycles. The Morgan fingerprint density at radius 1 is 0.893 bits per heavy atom. The van der Waals surface area contributed by atoms with Crippen LogP contribution in [0.4, 0.5) is 0 Å². The predicted octanol–water partition coefficient (Wildman–Crippen LogP) is 5.95. The normalized spacial score (nSPS) is 19.6. The molecule has 0 bridgehead atoms. The molecule has 2 heteroatoms. The number of hydrogen-bond donors (Lipinski definition) is 0. The minimum absolute atomic E-state index is 0.502. The van der Waals surface area contributed by atoms with Crippen LogP contribution >= 0.6 is 0 Å². The molecule has 0 radical (unpaired) electrons. The van der Waals surface area contributed by atoms with E-state index in [1.807, 2.05) is 0 Å². The third kappa shape index (κ3) is 6.18. The Labute approximate surface area is 172 Å². The van der Waals surface area contributed by atoms with Gasteiger partial charge in [-0.05, 0) is 43.9 Å². The smallest absolute Gasteiger partial charge is 0.0321 e. The van der Waals surface area contributed by atoms with Crippen LogP contribution in [0.1, 0.15) is 63.1 Å². The highest BCUT2D eigenvalue weighted by atomic mass is 15.3. The molecule has 0 N–H and O–H groups in total. The summed E-state index contributed by atoms with van der Waals surface area (Å²) >= 11 is 0. The molecule has 3 rings (SSSR count). The van der Waals surface area contributed by atoms with E-state index in [4.69, 9.17) is 0 Å². The maximum absolute atomic E-state index is 2.78. The average molecular weight is 379 g/mol. The molecule has 1 saturated heterocycles. The third-order valence-electron chi connectivity index (χ3n) is 6.37. The second-order valence-electron chi connectivity index (χ2n) is 8.36. The van der Waals surface area contributed by atoms with Crippen LogP contribution in [0, 0.1) is 0 Å². The van der Waals surface area contributed by atoms with Crippen molar-refractivity contribution >= 4 is 0 Å². The van der Waals surface area contributed by atoms with Crippen molar-refractivity contribution in [3.63, 3.8) is 0 Å². The summed E-state index contributed by atoms with van der Waals surface area (Å²) < 4.78 is 0. The van der Waals surface area contributed by atoms with Gasteiger partial charge >= 0.3 is 0 Å². The fraction of sp³-hybridized carbons (Fsp3) is 0.538. The van der Waals surface area contributed by atoms with Crippen LogP contribution in [0.5, 0.6) is 0 Å². The van der Waals surface area contributed by atoms with Gasteiger partial charge in [-0.25, -0.2) is 0 Å². The highest BCUT2D eigenvalue weighted by molar-refractivity contribution is 5.19. The van der Waals surface area contributed by atoms with E-state index in [-0.39, 0.29) is 0 Å². The van der Waals surface area contributed by atoms with E-state index in [2.05, 4.69) is 84.3 Å². The summed E-state index contributed by atoms with van der Waals surface area (Å²) in [5, 5.41) is 0. The van der Waals surface area contributed by atoms with Crippen LogP contribution in [0.3, 0.4) is 0 Å². The lowest BCUT2D eigenvalue weighted by molar-refractivity contribution is 0.0468. The molecule has 1 fully saturated rings. The Morgan fingerprint density at radius 3 is 2.32 bits per heavy atom. The molecular weight excluding hydrogens is 340 g/mol. The summed E-state index contributed by atoms with van der Waals surface area (Å²) in [6.45, 7) is 9.53. The zero-order valence-electron chi connectivity index (χ0n) is 17.9. The Hall–Kier alpha value is -1.64. The minimum Gasteiger partial charge on any atom is -0.298 e. The molecular formula is C26H38N2. The van der Waals surface area contributed by atoms with E-state index < -0.39 is 0 Å². The summed E-state index contributed by atoms with van der Waals surface area (Å²) in [4.78, 5) is 5.49. The van der Waals surface area contributed by atoms with Gasteiger partial charge in [0, 0.05) is 31.7 Å². The lowest BCUT2D eigenvalue weighted by Gasteiger charge is -2.44. The van der Waals surface area contributed by atoms with Crippen molar-refractivity contribution in [3.8, 4) is 0 Å². The number of unbranched alkanes of at least 4 members (excludes halogenated alkanes) is 3. The SMILES string of the molecule is CCCCCCN1CCN([C@H](C)c2ccccc2)C[C@@H]1CCc1ccccc1. The van der Waals surface area contributed by atoms with Crippen molar-refractivity contribution in [2.75, 3.05) is 26.2 Å². The van der Waals surface area contributed by atoms with Crippen molar-refractivity contribution in [2.45, 2.75) is 64.5 Å². The molecule has 2 atom stereocenters. The van der Waals surface area contributed by atoms with Gasteiger partial charge in [0.25, 0.3) is 0 Å². The van der Waals surface area contributed by atoms with Crippen LogP contribution < -0.4 is 0 Å². The predicted molar refractivity (Wildman–Crippen MR) is 121 cm³/mol. The topological polar surface area (TPSA) is 6.48 Å². The van der Waals surface area contributed by atoms with E-state index in [0.717, 1.165) is 0 Å². The van der Waals surface area contributed by atoms with Gasteiger partial charge in [-0.15, -0.1) is 0 Å². The van der Waals surface area contributed by atoms with E-state index in [0.29, 0.717) is 12.1 Å². The second-order valence-corrected chi connectivity index (χ2v) is 8.36. The van der Waals surface area contributed by atoms with Crippen molar-refractivity contribution in [1.82, 2.24) is 9.80 Å². The number of rotatable bonds is 10. The first-order valence-electron chi connectivity index (χ1n) is 11.3. The first-order chi connectivity index (χ1) is 13.8. The number of hydrogen-bond acceptors (Lipinski definition) is 2. The highest BCUT2D eigenvalue weighted by Crippen LogP contribution is 2.25. The molecule has 152 valence electrons. The standard InChI is InChI=1S/C26H38N2/c1-3-4-5-12-19-27-20-21-28(23(2)25-15-10-7-11-16-25)22-26(27)18-17-24-13-8-6-9-14-24/h6-11,13-16,23,26H,3-5,12,17-22H2,1-2H3/t23-,26+/m1/s1. The molecule has 2 aromatic carbocycles. The van der Waals surface area contributed by atoms with Gasteiger partial charge in [-0.1, -0.05) is 86.8 Å². The average Bonchev–Trinajstić information content (AvgIpc) is 2.76. The zero-order chi connectivity index (χ0) is 19.6. The van der Waals surface area contributed by atoms with Crippen molar-refractivity contribution < 1.29 is 0 Å². The van der Waals surface area contributed by atoms with Gasteiger partial charge in [0.15, 0.2) is 0 Å². The first kappa shape index (κ1) is 21.1. The lowest BCUT2D eigenvalue weighted by Crippen LogP contribution is -2.53.